The van der Waals surface area contributed by atoms with Gasteiger partial charge in [0.2, 0.25) is 0 Å². The Morgan fingerprint density at radius 1 is 0.242 bits per heavy atom. The van der Waals surface area contributed by atoms with E-state index in [1.54, 1.807) is 0 Å². The number of nitrogens with zero attached hydrogens (tertiary/aromatic N) is 4. The summed E-state index contributed by atoms with van der Waals surface area (Å²) in [6.07, 6.45) is 0. The van der Waals surface area contributed by atoms with Gasteiger partial charge in [0.05, 0.1) is 22.1 Å². The monoisotopic (exact) mass is 792 g/mol. The van der Waals surface area contributed by atoms with E-state index in [4.69, 9.17) is 0 Å². The summed E-state index contributed by atoms with van der Waals surface area (Å²) in [5.41, 5.74) is 13.4. The third kappa shape index (κ3) is 5.69. The smallest absolute Gasteiger partial charge is 0.0795 e. The van der Waals surface area contributed by atoms with E-state index in [0.717, 1.165) is 56.5 Å². The summed E-state index contributed by atoms with van der Waals surface area (Å²) in [5, 5.41) is 7.35. The normalized spacial score (nSPS) is 11.5. The zero-order valence-corrected chi connectivity index (χ0v) is 33.9. The van der Waals surface area contributed by atoms with Gasteiger partial charge in [-0.1, -0.05) is 146 Å². The average Bonchev–Trinajstić information content (AvgIpc) is 3.87. The zero-order chi connectivity index (χ0) is 41.0. The Balaban J connectivity index is 1.25. The van der Waals surface area contributed by atoms with Crippen molar-refractivity contribution in [3.05, 3.63) is 243 Å². The number of anilines is 6. The molecule has 0 spiro atoms. The third-order valence-electron chi connectivity index (χ3n) is 12.2. The lowest BCUT2D eigenvalue weighted by Gasteiger charge is -2.25. The molecule has 0 amide bonds. The molecule has 0 N–H and O–H groups in total. The molecule has 0 aliphatic heterocycles. The molecule has 0 atom stereocenters. The first kappa shape index (κ1) is 35.6. The molecule has 0 fully saturated rings. The molecule has 0 unspecified atom stereocenters. The molecule has 0 bridgehead atoms. The van der Waals surface area contributed by atoms with Crippen LogP contribution < -0.4 is 9.80 Å². The highest BCUT2D eigenvalue weighted by Gasteiger charge is 2.26. The Morgan fingerprint density at radius 2 is 0.532 bits per heavy atom. The minimum Gasteiger partial charge on any atom is -0.310 e. The van der Waals surface area contributed by atoms with Crippen LogP contribution in [0.25, 0.3) is 65.8 Å². The van der Waals surface area contributed by atoms with Crippen molar-refractivity contribution in [2.24, 2.45) is 0 Å². The maximum absolute atomic E-state index is 2.51. The van der Waals surface area contributed by atoms with Crippen LogP contribution in [0.1, 0.15) is 0 Å². The van der Waals surface area contributed by atoms with Crippen LogP contribution >= 0.6 is 0 Å². The maximum atomic E-state index is 2.51. The molecule has 4 nitrogen and oxygen atoms in total. The minimum absolute atomic E-state index is 1.09. The van der Waals surface area contributed by atoms with Crippen LogP contribution in [-0.2, 0) is 0 Å². The number of aromatic nitrogens is 2. The van der Waals surface area contributed by atoms with Gasteiger partial charge in [0.25, 0.3) is 0 Å². The Labute approximate surface area is 360 Å². The fourth-order valence-corrected chi connectivity index (χ4v) is 9.64. The molecular weight excluding hydrogens is 753 g/mol. The highest BCUT2D eigenvalue weighted by atomic mass is 15.2. The lowest BCUT2D eigenvalue weighted by Crippen LogP contribution is -2.09. The SMILES string of the molecule is c1ccc(N(c2ccccc2)c2ccc3c4c5ccccc5c5c6ccc(N(c7ccccc7)c7ccccc7)cc6n(-c6ccccc6)c5c4n(-c4ccccc4)c3c2)cc1. The Bertz CT molecular complexity index is 3230. The minimum atomic E-state index is 1.09. The Hall–Kier alpha value is -8.34. The van der Waals surface area contributed by atoms with Gasteiger partial charge in [-0.25, -0.2) is 0 Å². The van der Waals surface area contributed by atoms with Crippen LogP contribution in [0.5, 0.6) is 0 Å². The predicted octanol–water partition coefficient (Wildman–Crippen LogP) is 16.0. The van der Waals surface area contributed by atoms with Crippen molar-refractivity contribution in [2.45, 2.75) is 0 Å². The number of fused-ring (bicyclic) bond motifs is 10. The fraction of sp³-hybridized carbons (Fsp3) is 0. The van der Waals surface area contributed by atoms with Crippen molar-refractivity contribution < 1.29 is 0 Å². The second-order valence-electron chi connectivity index (χ2n) is 15.8. The van der Waals surface area contributed by atoms with Gasteiger partial charge in [-0.05, 0) is 108 Å². The molecule has 62 heavy (non-hydrogen) atoms. The van der Waals surface area contributed by atoms with Crippen molar-refractivity contribution in [2.75, 3.05) is 9.80 Å². The predicted molar refractivity (Wildman–Crippen MR) is 262 cm³/mol. The molecule has 2 aromatic heterocycles. The summed E-state index contributed by atoms with van der Waals surface area (Å²) in [6.45, 7) is 0. The molecule has 4 heteroatoms. The molecule has 12 aromatic rings. The summed E-state index contributed by atoms with van der Waals surface area (Å²) in [6, 6.07) is 87.5. The molecule has 0 aliphatic carbocycles. The first-order chi connectivity index (χ1) is 30.8. The summed E-state index contributed by atoms with van der Waals surface area (Å²) in [7, 11) is 0. The lowest BCUT2D eigenvalue weighted by molar-refractivity contribution is 1.15. The van der Waals surface area contributed by atoms with Crippen LogP contribution in [0.3, 0.4) is 0 Å². The van der Waals surface area contributed by atoms with Gasteiger partial charge in [-0.2, -0.15) is 0 Å². The largest absolute Gasteiger partial charge is 0.310 e. The van der Waals surface area contributed by atoms with Crippen LogP contribution in [0.4, 0.5) is 34.1 Å². The topological polar surface area (TPSA) is 16.3 Å². The molecule has 292 valence electrons. The molecule has 0 saturated carbocycles. The van der Waals surface area contributed by atoms with E-state index in [-0.39, 0.29) is 0 Å². The van der Waals surface area contributed by atoms with Crippen molar-refractivity contribution in [3.8, 4) is 11.4 Å². The van der Waals surface area contributed by atoms with Gasteiger partial charge in [0.1, 0.15) is 0 Å². The van der Waals surface area contributed by atoms with Crippen molar-refractivity contribution in [1.29, 1.82) is 0 Å². The molecule has 0 saturated heterocycles. The number of rotatable bonds is 8. The van der Waals surface area contributed by atoms with E-state index in [1.165, 1.54) is 43.4 Å². The van der Waals surface area contributed by atoms with E-state index < -0.39 is 0 Å². The fourth-order valence-electron chi connectivity index (χ4n) is 9.64. The summed E-state index contributed by atoms with van der Waals surface area (Å²) in [4.78, 5) is 4.71. The van der Waals surface area contributed by atoms with Crippen LogP contribution in [0.15, 0.2) is 243 Å². The van der Waals surface area contributed by atoms with Gasteiger partial charge < -0.3 is 18.9 Å². The average molecular weight is 793 g/mol. The van der Waals surface area contributed by atoms with E-state index in [0.29, 0.717) is 0 Å². The van der Waals surface area contributed by atoms with Crippen molar-refractivity contribution in [3.63, 3.8) is 0 Å². The quantitative estimate of drug-likeness (QED) is 0.152. The lowest BCUT2D eigenvalue weighted by atomic mass is 9.98. The molecule has 12 rings (SSSR count). The van der Waals surface area contributed by atoms with Gasteiger partial charge in [0.15, 0.2) is 0 Å². The van der Waals surface area contributed by atoms with Gasteiger partial charge in [0, 0.05) is 67.0 Å². The first-order valence-corrected chi connectivity index (χ1v) is 21.2. The number of para-hydroxylation sites is 6. The van der Waals surface area contributed by atoms with E-state index >= 15 is 0 Å². The molecular formula is C58H40N4. The summed E-state index contributed by atoms with van der Waals surface area (Å²) in [5.74, 6) is 0. The standard InChI is InChI=1S/C58H40N4/c1-7-21-41(22-8-1)59(42-23-9-2-10-24-42)47-35-37-51-53(39-47)61(45-29-15-5-16-30-45)57-55(51)49-33-19-20-34-50(49)56-52-38-36-48(40-54(52)62(58(56)57)46-31-17-6-18-32-46)60(43-25-11-3-12-26-43)44-27-13-4-14-28-44/h1-40H. The molecule has 10 aromatic carbocycles. The van der Waals surface area contributed by atoms with E-state index in [9.17, 15) is 0 Å². The Morgan fingerprint density at radius 3 is 0.855 bits per heavy atom. The van der Waals surface area contributed by atoms with Gasteiger partial charge >= 0.3 is 0 Å². The van der Waals surface area contributed by atoms with Crippen molar-refractivity contribution in [1.82, 2.24) is 9.13 Å². The maximum Gasteiger partial charge on any atom is 0.0795 e. The van der Waals surface area contributed by atoms with Crippen LogP contribution in [0, 0.1) is 0 Å². The number of hydrogen-bond donors (Lipinski definition) is 0. The van der Waals surface area contributed by atoms with Crippen molar-refractivity contribution >= 4 is 88.5 Å². The second-order valence-corrected chi connectivity index (χ2v) is 15.8. The van der Waals surface area contributed by atoms with Crippen LogP contribution in [-0.4, -0.2) is 9.13 Å². The summed E-state index contributed by atoms with van der Waals surface area (Å²) >= 11 is 0. The zero-order valence-electron chi connectivity index (χ0n) is 33.9. The van der Waals surface area contributed by atoms with Gasteiger partial charge in [-0.3, -0.25) is 0 Å². The molecule has 0 aliphatic rings. The van der Waals surface area contributed by atoms with Gasteiger partial charge in [-0.15, -0.1) is 0 Å². The molecule has 2 heterocycles. The highest BCUT2D eigenvalue weighted by molar-refractivity contribution is 6.36. The highest BCUT2D eigenvalue weighted by Crippen LogP contribution is 2.49. The van der Waals surface area contributed by atoms with E-state index in [2.05, 4.69) is 262 Å². The Kier molecular flexibility index (Phi) is 8.46. The summed E-state index contributed by atoms with van der Waals surface area (Å²) < 4.78 is 5.02. The van der Waals surface area contributed by atoms with E-state index in [1.807, 2.05) is 0 Å². The number of benzene rings is 10. The van der Waals surface area contributed by atoms with Crippen LogP contribution in [0.2, 0.25) is 0 Å². The molecule has 0 radical (unpaired) electrons. The second kappa shape index (κ2) is 14.7. The first-order valence-electron chi connectivity index (χ1n) is 21.2. The number of hydrogen-bond acceptors (Lipinski definition) is 2. The third-order valence-corrected chi connectivity index (χ3v) is 12.2.